The number of nitro groups is 1. The van der Waals surface area contributed by atoms with Gasteiger partial charge in [-0.15, -0.1) is 0 Å². The molecule has 1 rings (SSSR count). The summed E-state index contributed by atoms with van der Waals surface area (Å²) >= 11 is 0. The SMILES string of the molecule is N#Cc1cc(CC(=O)O)ccc1[N+](=O)[O-]. The summed E-state index contributed by atoms with van der Waals surface area (Å²) in [5.41, 5.74) is -0.0740. The minimum Gasteiger partial charge on any atom is -0.481 e. The molecule has 0 radical (unpaired) electrons. The third-order valence-electron chi connectivity index (χ3n) is 1.73. The van der Waals surface area contributed by atoms with Crippen LogP contribution in [0.15, 0.2) is 18.2 Å². The van der Waals surface area contributed by atoms with Gasteiger partial charge in [0.2, 0.25) is 0 Å². The molecule has 0 aliphatic carbocycles. The molecule has 0 saturated carbocycles. The molecule has 0 aliphatic heterocycles. The van der Waals surface area contributed by atoms with Crippen LogP contribution in [0.4, 0.5) is 5.69 Å². The van der Waals surface area contributed by atoms with Crippen LogP contribution in [-0.2, 0) is 11.2 Å². The fourth-order valence-electron chi connectivity index (χ4n) is 1.12. The third-order valence-corrected chi connectivity index (χ3v) is 1.73. The van der Waals surface area contributed by atoms with Crippen LogP contribution >= 0.6 is 0 Å². The van der Waals surface area contributed by atoms with Crippen LogP contribution in [-0.4, -0.2) is 16.0 Å². The molecular formula is C9H6N2O4. The van der Waals surface area contributed by atoms with E-state index in [1.807, 2.05) is 0 Å². The van der Waals surface area contributed by atoms with Crippen LogP contribution in [0.1, 0.15) is 11.1 Å². The second-order valence-electron chi connectivity index (χ2n) is 2.79. The first-order valence-corrected chi connectivity index (χ1v) is 3.94. The van der Waals surface area contributed by atoms with E-state index in [1.165, 1.54) is 12.1 Å². The van der Waals surface area contributed by atoms with E-state index in [-0.39, 0.29) is 17.7 Å². The van der Waals surface area contributed by atoms with Gasteiger partial charge in [-0.05, 0) is 11.6 Å². The lowest BCUT2D eigenvalue weighted by Gasteiger charge is -1.98. The number of benzene rings is 1. The number of carboxylic acid groups (broad SMARTS) is 1. The Balaban J connectivity index is 3.15. The smallest absolute Gasteiger partial charge is 0.307 e. The molecule has 6 heteroatoms. The van der Waals surface area contributed by atoms with Gasteiger partial charge in [-0.2, -0.15) is 5.26 Å². The summed E-state index contributed by atoms with van der Waals surface area (Å²) in [5, 5.41) is 27.6. The first-order chi connectivity index (χ1) is 7.04. The lowest BCUT2D eigenvalue weighted by atomic mass is 10.1. The topological polar surface area (TPSA) is 104 Å². The number of nitro benzene ring substituents is 1. The summed E-state index contributed by atoms with van der Waals surface area (Å²) in [7, 11) is 0. The highest BCUT2D eigenvalue weighted by Crippen LogP contribution is 2.19. The molecule has 76 valence electrons. The van der Waals surface area contributed by atoms with Crippen molar-refractivity contribution in [1.82, 2.24) is 0 Å². The number of carbonyl (C=O) groups is 1. The van der Waals surface area contributed by atoms with Crippen molar-refractivity contribution in [3.63, 3.8) is 0 Å². The van der Waals surface area contributed by atoms with E-state index in [1.54, 1.807) is 6.07 Å². The third kappa shape index (κ3) is 2.51. The van der Waals surface area contributed by atoms with Gasteiger partial charge in [0, 0.05) is 6.07 Å². The van der Waals surface area contributed by atoms with E-state index in [4.69, 9.17) is 10.4 Å². The van der Waals surface area contributed by atoms with Gasteiger partial charge in [-0.1, -0.05) is 6.07 Å². The van der Waals surface area contributed by atoms with Crippen LogP contribution in [0.3, 0.4) is 0 Å². The summed E-state index contributed by atoms with van der Waals surface area (Å²) in [6, 6.07) is 5.33. The maximum absolute atomic E-state index is 10.5. The maximum atomic E-state index is 10.5. The molecule has 1 N–H and O–H groups in total. The Morgan fingerprint density at radius 2 is 2.27 bits per heavy atom. The highest BCUT2D eigenvalue weighted by molar-refractivity contribution is 5.70. The van der Waals surface area contributed by atoms with E-state index in [0.717, 1.165) is 6.07 Å². The van der Waals surface area contributed by atoms with Gasteiger partial charge in [0.1, 0.15) is 11.6 Å². The van der Waals surface area contributed by atoms with Crippen molar-refractivity contribution >= 4 is 11.7 Å². The Morgan fingerprint density at radius 1 is 1.60 bits per heavy atom. The Morgan fingerprint density at radius 3 is 2.73 bits per heavy atom. The highest BCUT2D eigenvalue weighted by atomic mass is 16.6. The van der Waals surface area contributed by atoms with Crippen LogP contribution < -0.4 is 0 Å². The van der Waals surface area contributed by atoms with E-state index in [0.29, 0.717) is 5.56 Å². The number of hydrogen-bond acceptors (Lipinski definition) is 4. The van der Waals surface area contributed by atoms with Crippen LogP contribution in [0.25, 0.3) is 0 Å². The second kappa shape index (κ2) is 4.19. The molecule has 0 aromatic heterocycles. The van der Waals surface area contributed by atoms with Gasteiger partial charge >= 0.3 is 5.97 Å². The van der Waals surface area contributed by atoms with Crippen molar-refractivity contribution in [2.24, 2.45) is 0 Å². The van der Waals surface area contributed by atoms with Gasteiger partial charge in [0.05, 0.1) is 11.3 Å². The molecule has 6 nitrogen and oxygen atoms in total. The number of aliphatic carboxylic acids is 1. The summed E-state index contributed by atoms with van der Waals surface area (Å²) in [5.74, 6) is -1.05. The average molecular weight is 206 g/mol. The zero-order chi connectivity index (χ0) is 11.4. The lowest BCUT2D eigenvalue weighted by molar-refractivity contribution is -0.385. The van der Waals surface area contributed by atoms with Crippen molar-refractivity contribution in [2.45, 2.75) is 6.42 Å². The van der Waals surface area contributed by atoms with E-state index in [9.17, 15) is 14.9 Å². The number of nitriles is 1. The van der Waals surface area contributed by atoms with Crippen molar-refractivity contribution in [3.05, 3.63) is 39.4 Å². The van der Waals surface area contributed by atoms with E-state index in [2.05, 4.69) is 0 Å². The minimum atomic E-state index is -1.05. The maximum Gasteiger partial charge on any atom is 0.307 e. The van der Waals surface area contributed by atoms with Gasteiger partial charge < -0.3 is 5.11 Å². The quantitative estimate of drug-likeness (QED) is 0.588. The molecule has 0 aliphatic rings. The molecule has 0 bridgehead atoms. The van der Waals surface area contributed by atoms with Gasteiger partial charge in [0.15, 0.2) is 0 Å². The normalized spacial score (nSPS) is 9.27. The molecule has 0 amide bonds. The van der Waals surface area contributed by atoms with E-state index >= 15 is 0 Å². The summed E-state index contributed by atoms with van der Waals surface area (Å²) in [6.07, 6.45) is -0.257. The molecule has 0 saturated heterocycles. The van der Waals surface area contributed by atoms with Crippen molar-refractivity contribution < 1.29 is 14.8 Å². The minimum absolute atomic E-state index is 0.126. The first-order valence-electron chi connectivity index (χ1n) is 3.94. The Kier molecular flexibility index (Phi) is 2.98. The largest absolute Gasteiger partial charge is 0.481 e. The van der Waals surface area contributed by atoms with Crippen molar-refractivity contribution in [2.75, 3.05) is 0 Å². The first kappa shape index (κ1) is 10.7. The molecule has 1 aromatic carbocycles. The van der Waals surface area contributed by atoms with Gasteiger partial charge in [-0.25, -0.2) is 0 Å². The predicted octanol–water partition coefficient (Wildman–Crippen LogP) is 1.09. The van der Waals surface area contributed by atoms with Crippen LogP contribution in [0.2, 0.25) is 0 Å². The zero-order valence-corrected chi connectivity index (χ0v) is 7.51. The van der Waals surface area contributed by atoms with Crippen LogP contribution in [0.5, 0.6) is 0 Å². The molecule has 0 heterocycles. The summed E-state index contributed by atoms with van der Waals surface area (Å²) in [6.45, 7) is 0. The fourth-order valence-corrected chi connectivity index (χ4v) is 1.12. The zero-order valence-electron chi connectivity index (χ0n) is 7.51. The number of rotatable bonds is 3. The monoisotopic (exact) mass is 206 g/mol. The lowest BCUT2D eigenvalue weighted by Crippen LogP contribution is -2.01. The molecule has 0 unspecified atom stereocenters. The average Bonchev–Trinajstić information content (AvgIpc) is 2.16. The Hall–Kier alpha value is -2.42. The van der Waals surface area contributed by atoms with E-state index < -0.39 is 10.9 Å². The standard InChI is InChI=1S/C9H6N2O4/c10-5-7-3-6(4-9(12)13)1-2-8(7)11(14)15/h1-3H,4H2,(H,12,13). The number of nitrogens with zero attached hydrogens (tertiary/aromatic N) is 2. The summed E-state index contributed by atoms with van der Waals surface area (Å²) < 4.78 is 0. The summed E-state index contributed by atoms with van der Waals surface area (Å²) in [4.78, 5) is 20.1. The number of carboxylic acids is 1. The Bertz CT molecular complexity index is 462. The molecular weight excluding hydrogens is 200 g/mol. The van der Waals surface area contributed by atoms with Crippen molar-refractivity contribution in [1.29, 1.82) is 5.26 Å². The highest BCUT2D eigenvalue weighted by Gasteiger charge is 2.14. The molecule has 1 aromatic rings. The predicted molar refractivity (Wildman–Crippen MR) is 49.2 cm³/mol. The molecule has 0 atom stereocenters. The number of hydrogen-bond donors (Lipinski definition) is 1. The second-order valence-corrected chi connectivity index (χ2v) is 2.79. The molecule has 15 heavy (non-hydrogen) atoms. The molecule has 0 fully saturated rings. The fraction of sp³-hybridized carbons (Fsp3) is 0.111. The molecule has 0 spiro atoms. The van der Waals surface area contributed by atoms with Crippen molar-refractivity contribution in [3.8, 4) is 6.07 Å². The van der Waals surface area contributed by atoms with Crippen LogP contribution in [0, 0.1) is 21.4 Å². The Labute approximate surface area is 84.5 Å². The van der Waals surface area contributed by atoms with Gasteiger partial charge in [-0.3, -0.25) is 14.9 Å². The van der Waals surface area contributed by atoms with Gasteiger partial charge in [0.25, 0.3) is 5.69 Å².